The largest absolute Gasteiger partial charge is 0.478 e. The predicted molar refractivity (Wildman–Crippen MR) is 67.2 cm³/mol. The van der Waals surface area contributed by atoms with E-state index in [0.717, 1.165) is 6.08 Å². The number of alkyl halides is 3. The van der Waals surface area contributed by atoms with E-state index < -0.39 is 24.5 Å². The van der Waals surface area contributed by atoms with E-state index in [1.807, 2.05) is 0 Å². The molecule has 0 heterocycles. The molecule has 0 aliphatic heterocycles. The quantitative estimate of drug-likeness (QED) is 0.837. The van der Waals surface area contributed by atoms with E-state index in [-0.39, 0.29) is 5.69 Å². The normalized spacial score (nSPS) is 11.6. The molecule has 0 saturated heterocycles. The number of amides is 1. The topological polar surface area (TPSA) is 66.4 Å². The van der Waals surface area contributed by atoms with Crippen LogP contribution in [0.2, 0.25) is 0 Å². The second-order valence-corrected chi connectivity index (χ2v) is 4.14. The van der Waals surface area contributed by atoms with Crippen molar-refractivity contribution in [2.45, 2.75) is 19.5 Å². The van der Waals surface area contributed by atoms with Crippen molar-refractivity contribution in [3.05, 3.63) is 35.4 Å². The van der Waals surface area contributed by atoms with E-state index in [0.29, 0.717) is 11.1 Å². The van der Waals surface area contributed by atoms with Gasteiger partial charge in [-0.05, 0) is 36.3 Å². The van der Waals surface area contributed by atoms with Gasteiger partial charge in [-0.2, -0.15) is 13.2 Å². The van der Waals surface area contributed by atoms with Crippen LogP contribution in [0.15, 0.2) is 24.3 Å². The number of aryl methyl sites for hydroxylation is 1. The highest BCUT2D eigenvalue weighted by atomic mass is 19.4. The third-order valence-electron chi connectivity index (χ3n) is 2.16. The molecule has 1 rings (SSSR count). The number of hydrogen-bond donors (Lipinski definition) is 2. The number of carboxylic acids is 1. The van der Waals surface area contributed by atoms with Crippen LogP contribution in [-0.2, 0) is 9.59 Å². The summed E-state index contributed by atoms with van der Waals surface area (Å²) in [6.45, 7) is 1.68. The highest BCUT2D eigenvalue weighted by Crippen LogP contribution is 2.21. The summed E-state index contributed by atoms with van der Waals surface area (Å²) in [6, 6.07) is 4.52. The Morgan fingerprint density at radius 1 is 1.30 bits per heavy atom. The first kappa shape index (κ1) is 15.7. The monoisotopic (exact) mass is 287 g/mol. The number of halogens is 3. The molecular formula is C13H12F3NO3. The summed E-state index contributed by atoms with van der Waals surface area (Å²) in [5, 5.41) is 10.6. The maximum Gasteiger partial charge on any atom is 0.397 e. The first-order valence-corrected chi connectivity index (χ1v) is 5.55. The molecule has 0 saturated carbocycles. The molecular weight excluding hydrogens is 275 g/mol. The summed E-state index contributed by atoms with van der Waals surface area (Å²) < 4.78 is 36.1. The predicted octanol–water partition coefficient (Wildman–Crippen LogP) is 2.98. The minimum atomic E-state index is -4.57. The Bertz CT molecular complexity index is 550. The van der Waals surface area contributed by atoms with Gasteiger partial charge in [0.1, 0.15) is 6.42 Å². The molecule has 0 unspecified atom stereocenters. The van der Waals surface area contributed by atoms with Crippen LogP contribution in [0.5, 0.6) is 0 Å². The third kappa shape index (κ3) is 6.03. The van der Waals surface area contributed by atoms with E-state index in [9.17, 15) is 22.8 Å². The molecule has 0 fully saturated rings. The van der Waals surface area contributed by atoms with Crippen molar-refractivity contribution in [1.82, 2.24) is 0 Å². The van der Waals surface area contributed by atoms with Crippen LogP contribution in [0.4, 0.5) is 18.9 Å². The second kappa shape index (κ2) is 6.23. The number of rotatable bonds is 4. The zero-order chi connectivity index (χ0) is 15.3. The Balaban J connectivity index is 2.86. The van der Waals surface area contributed by atoms with Crippen LogP contribution in [0.3, 0.4) is 0 Å². The number of nitrogens with one attached hydrogen (secondary N) is 1. The standard InChI is InChI=1S/C13H12F3NO3/c1-8-4-9(2-3-12(19)20)6-10(5-8)17-11(18)7-13(14,15)16/h2-6H,7H2,1H3,(H,17,18)(H,19,20)/b3-2+. The number of anilines is 1. The van der Waals surface area contributed by atoms with Crippen molar-refractivity contribution in [2.24, 2.45) is 0 Å². The fourth-order valence-electron chi connectivity index (χ4n) is 1.54. The lowest BCUT2D eigenvalue weighted by atomic mass is 10.1. The molecule has 20 heavy (non-hydrogen) atoms. The lowest BCUT2D eigenvalue weighted by Crippen LogP contribution is -2.21. The molecule has 7 heteroatoms. The van der Waals surface area contributed by atoms with Crippen LogP contribution in [0.25, 0.3) is 6.08 Å². The van der Waals surface area contributed by atoms with Gasteiger partial charge in [-0.3, -0.25) is 4.79 Å². The highest BCUT2D eigenvalue weighted by molar-refractivity contribution is 5.92. The number of benzene rings is 1. The summed E-state index contributed by atoms with van der Waals surface area (Å²) in [6.07, 6.45) is -3.95. The number of carbonyl (C=O) groups excluding carboxylic acids is 1. The van der Waals surface area contributed by atoms with E-state index in [1.165, 1.54) is 18.2 Å². The average molecular weight is 287 g/mol. The van der Waals surface area contributed by atoms with Gasteiger partial charge in [0.25, 0.3) is 0 Å². The molecule has 1 aromatic rings. The van der Waals surface area contributed by atoms with Crippen molar-refractivity contribution in [1.29, 1.82) is 0 Å². The molecule has 1 amide bonds. The SMILES string of the molecule is Cc1cc(/C=C/C(=O)O)cc(NC(=O)CC(F)(F)F)c1. The second-order valence-electron chi connectivity index (χ2n) is 4.14. The van der Waals surface area contributed by atoms with Crippen molar-refractivity contribution < 1.29 is 27.9 Å². The van der Waals surface area contributed by atoms with Gasteiger partial charge in [0.2, 0.25) is 5.91 Å². The van der Waals surface area contributed by atoms with Crippen LogP contribution in [0.1, 0.15) is 17.5 Å². The van der Waals surface area contributed by atoms with Gasteiger partial charge in [0.05, 0.1) is 0 Å². The van der Waals surface area contributed by atoms with E-state index in [2.05, 4.69) is 5.32 Å². The molecule has 0 atom stereocenters. The maximum absolute atomic E-state index is 12.0. The Morgan fingerprint density at radius 2 is 1.95 bits per heavy atom. The van der Waals surface area contributed by atoms with Gasteiger partial charge in [-0.1, -0.05) is 6.07 Å². The molecule has 0 bridgehead atoms. The van der Waals surface area contributed by atoms with Gasteiger partial charge in [0.15, 0.2) is 0 Å². The smallest absolute Gasteiger partial charge is 0.397 e. The molecule has 0 aliphatic carbocycles. The van der Waals surface area contributed by atoms with E-state index in [1.54, 1.807) is 13.0 Å². The Kier molecular flexibility index (Phi) is 4.90. The number of carbonyl (C=O) groups is 2. The number of aliphatic carboxylic acids is 1. The fourth-order valence-corrected chi connectivity index (χ4v) is 1.54. The van der Waals surface area contributed by atoms with Gasteiger partial charge < -0.3 is 10.4 Å². The Hall–Kier alpha value is -2.31. The molecule has 0 aliphatic rings. The molecule has 0 radical (unpaired) electrons. The number of hydrogen-bond acceptors (Lipinski definition) is 2. The van der Waals surface area contributed by atoms with Crippen LogP contribution >= 0.6 is 0 Å². The molecule has 0 aromatic heterocycles. The molecule has 0 spiro atoms. The van der Waals surface area contributed by atoms with E-state index >= 15 is 0 Å². The maximum atomic E-state index is 12.0. The van der Waals surface area contributed by atoms with E-state index in [4.69, 9.17) is 5.11 Å². The Labute approximate surface area is 112 Å². The van der Waals surface area contributed by atoms with Crippen LogP contribution < -0.4 is 5.32 Å². The van der Waals surface area contributed by atoms with Gasteiger partial charge >= 0.3 is 12.1 Å². The van der Waals surface area contributed by atoms with Crippen LogP contribution in [-0.4, -0.2) is 23.2 Å². The molecule has 4 nitrogen and oxygen atoms in total. The minimum Gasteiger partial charge on any atom is -0.478 e. The first-order chi connectivity index (χ1) is 9.15. The zero-order valence-corrected chi connectivity index (χ0v) is 10.5. The van der Waals surface area contributed by atoms with Gasteiger partial charge in [-0.15, -0.1) is 0 Å². The van der Waals surface area contributed by atoms with Crippen molar-refractivity contribution in [3.63, 3.8) is 0 Å². The third-order valence-corrected chi connectivity index (χ3v) is 2.16. The first-order valence-electron chi connectivity index (χ1n) is 5.55. The van der Waals surface area contributed by atoms with Crippen LogP contribution in [0, 0.1) is 6.92 Å². The number of carboxylic acid groups (broad SMARTS) is 1. The summed E-state index contributed by atoms with van der Waals surface area (Å²) >= 11 is 0. The zero-order valence-electron chi connectivity index (χ0n) is 10.5. The highest BCUT2D eigenvalue weighted by Gasteiger charge is 2.31. The summed E-state index contributed by atoms with van der Waals surface area (Å²) in [4.78, 5) is 21.6. The molecule has 2 N–H and O–H groups in total. The summed E-state index contributed by atoms with van der Waals surface area (Å²) in [5.74, 6) is -2.31. The molecule has 108 valence electrons. The minimum absolute atomic E-state index is 0.185. The lowest BCUT2D eigenvalue weighted by molar-refractivity contribution is -0.150. The summed E-state index contributed by atoms with van der Waals surface area (Å²) in [5.41, 5.74) is 1.33. The van der Waals surface area contributed by atoms with Crippen molar-refractivity contribution >= 4 is 23.6 Å². The Morgan fingerprint density at radius 3 is 2.50 bits per heavy atom. The molecule has 1 aromatic carbocycles. The van der Waals surface area contributed by atoms with Gasteiger partial charge in [0, 0.05) is 11.8 Å². The fraction of sp³-hybridized carbons (Fsp3) is 0.231. The van der Waals surface area contributed by atoms with Gasteiger partial charge in [-0.25, -0.2) is 4.79 Å². The average Bonchev–Trinajstić information content (AvgIpc) is 2.22. The van der Waals surface area contributed by atoms with Crippen molar-refractivity contribution in [3.8, 4) is 0 Å². The summed E-state index contributed by atoms with van der Waals surface area (Å²) in [7, 11) is 0. The van der Waals surface area contributed by atoms with Crippen molar-refractivity contribution in [2.75, 3.05) is 5.32 Å². The lowest BCUT2D eigenvalue weighted by Gasteiger charge is -2.09.